The minimum absolute atomic E-state index is 0.0323. The summed E-state index contributed by atoms with van der Waals surface area (Å²) in [4.78, 5) is 42.2. The maximum absolute atomic E-state index is 12.6. The topological polar surface area (TPSA) is 143 Å². The molecule has 0 aromatic heterocycles. The van der Waals surface area contributed by atoms with Crippen LogP contribution in [0.4, 0.5) is 0 Å². The van der Waals surface area contributed by atoms with Crippen molar-refractivity contribution < 1.29 is 34.4 Å². The van der Waals surface area contributed by atoms with Crippen LogP contribution in [-0.2, 0) is 24.0 Å². The average molecular weight is 393 g/mol. The zero-order chi connectivity index (χ0) is 19.7. The molecule has 11 heteroatoms. The summed E-state index contributed by atoms with van der Waals surface area (Å²) in [6.45, 7) is 3.80. The lowest BCUT2D eigenvalue weighted by Crippen LogP contribution is -2.44. The van der Waals surface area contributed by atoms with E-state index < -0.39 is 29.4 Å². The molecule has 10 nitrogen and oxygen atoms in total. The summed E-state index contributed by atoms with van der Waals surface area (Å²) in [5, 5.41) is 16.2. The monoisotopic (exact) mass is 393 g/mol. The molecule has 26 heavy (non-hydrogen) atoms. The van der Waals surface area contributed by atoms with Crippen molar-refractivity contribution in [2.24, 2.45) is 11.7 Å². The van der Waals surface area contributed by atoms with Crippen LogP contribution >= 0.6 is 11.8 Å². The average Bonchev–Trinajstić information content (AvgIpc) is 3.07. The molecule has 1 heterocycles. The fraction of sp³-hybridized carbons (Fsp3) is 0.800. The highest BCUT2D eigenvalue weighted by molar-refractivity contribution is 8.13. The first-order valence-electron chi connectivity index (χ1n) is 8.44. The molecule has 0 aliphatic carbocycles. The Kier molecular flexibility index (Phi) is 10.1. The van der Waals surface area contributed by atoms with Gasteiger partial charge in [-0.15, -0.1) is 0 Å². The second-order valence-corrected chi connectivity index (χ2v) is 7.14. The van der Waals surface area contributed by atoms with E-state index in [9.17, 15) is 14.4 Å². The van der Waals surface area contributed by atoms with Gasteiger partial charge in [-0.25, -0.2) is 4.79 Å². The van der Waals surface area contributed by atoms with Crippen molar-refractivity contribution >= 4 is 28.8 Å². The Hall–Kier alpha value is -1.24. The first kappa shape index (κ1) is 22.8. The minimum atomic E-state index is -0.632. The zero-order valence-electron chi connectivity index (χ0n) is 15.0. The van der Waals surface area contributed by atoms with Crippen LogP contribution in [0.3, 0.4) is 0 Å². The molecule has 1 saturated heterocycles. The number of hydrogen-bond acceptors (Lipinski definition) is 10. The summed E-state index contributed by atoms with van der Waals surface area (Å²) in [7, 11) is 0. The number of nitrogens with two attached hydrogens (primary N) is 1. The first-order chi connectivity index (χ1) is 12.2. The summed E-state index contributed by atoms with van der Waals surface area (Å²) in [5.41, 5.74) is 5.50. The lowest BCUT2D eigenvalue weighted by Gasteiger charge is -2.26. The van der Waals surface area contributed by atoms with Gasteiger partial charge in [-0.2, -0.15) is 0 Å². The summed E-state index contributed by atoms with van der Waals surface area (Å²) in [5.74, 6) is -0.779. The van der Waals surface area contributed by atoms with Gasteiger partial charge in [0.15, 0.2) is 0 Å². The van der Waals surface area contributed by atoms with Crippen LogP contribution in [0, 0.1) is 5.92 Å². The predicted molar refractivity (Wildman–Crippen MR) is 92.0 cm³/mol. The highest BCUT2D eigenvalue weighted by atomic mass is 32.2. The Morgan fingerprint density at radius 2 is 2.00 bits per heavy atom. The number of hydrogen-bond donors (Lipinski definition) is 3. The molecule has 1 unspecified atom stereocenters. The molecule has 0 spiro atoms. The van der Waals surface area contributed by atoms with Gasteiger partial charge in [0, 0.05) is 24.6 Å². The molecule has 0 radical (unpaired) electrons. The molecule has 0 saturated carbocycles. The van der Waals surface area contributed by atoms with E-state index in [0.717, 1.165) is 11.8 Å². The van der Waals surface area contributed by atoms with E-state index in [1.807, 2.05) is 0 Å². The van der Waals surface area contributed by atoms with E-state index in [-0.39, 0.29) is 30.7 Å². The van der Waals surface area contributed by atoms with Gasteiger partial charge in [0.05, 0.1) is 24.6 Å². The smallest absolute Gasteiger partial charge is 0.328 e. The number of esters is 1. The first-order valence-corrected chi connectivity index (χ1v) is 9.42. The molecule has 1 aliphatic heterocycles. The second kappa shape index (κ2) is 11.5. The lowest BCUT2D eigenvalue weighted by atomic mass is 10.1. The van der Waals surface area contributed by atoms with Gasteiger partial charge in [-0.1, -0.05) is 18.7 Å². The highest BCUT2D eigenvalue weighted by Gasteiger charge is 2.37. The zero-order valence-corrected chi connectivity index (χ0v) is 15.8. The molecule has 0 aromatic carbocycles. The van der Waals surface area contributed by atoms with E-state index in [0.29, 0.717) is 25.1 Å². The van der Waals surface area contributed by atoms with Gasteiger partial charge in [-0.3, -0.25) is 24.8 Å². The maximum atomic E-state index is 12.6. The normalized spacial score (nSPS) is 19.5. The van der Waals surface area contributed by atoms with Crippen molar-refractivity contribution in [3.8, 4) is 0 Å². The summed E-state index contributed by atoms with van der Waals surface area (Å²) in [6.07, 6.45) is 1.51. The lowest BCUT2D eigenvalue weighted by molar-refractivity contribution is -0.492. The Labute approximate surface area is 156 Å². The van der Waals surface area contributed by atoms with Crippen LogP contribution in [0.2, 0.25) is 0 Å². The fourth-order valence-electron chi connectivity index (χ4n) is 2.44. The quantitative estimate of drug-likeness (QED) is 0.267. The van der Waals surface area contributed by atoms with Gasteiger partial charge in [0.25, 0.3) is 0 Å². The summed E-state index contributed by atoms with van der Waals surface area (Å²) < 4.78 is 5.13. The van der Waals surface area contributed by atoms with Crippen molar-refractivity contribution in [1.29, 1.82) is 0 Å². The maximum Gasteiger partial charge on any atom is 0.328 e. The molecular formula is C15H27N3O7S. The molecule has 1 amide bonds. The third-order valence-corrected chi connectivity index (χ3v) is 5.14. The van der Waals surface area contributed by atoms with Crippen molar-refractivity contribution in [2.75, 3.05) is 25.5 Å². The molecule has 1 fully saturated rings. The number of amides is 1. The van der Waals surface area contributed by atoms with Crippen LogP contribution < -0.4 is 5.73 Å². The SMILES string of the molecule is CC(N)C(=O)SC[C@@H](C)C(=O)N1CCC[C@H]1C(=O)OCCCON(O)O. The summed E-state index contributed by atoms with van der Waals surface area (Å²) in [6, 6.07) is -1.21. The molecule has 1 aliphatic rings. The fourth-order valence-corrected chi connectivity index (χ4v) is 3.26. The number of nitrogens with zero attached hydrogens (tertiary/aromatic N) is 2. The third-order valence-electron chi connectivity index (χ3n) is 3.82. The minimum Gasteiger partial charge on any atom is -0.464 e. The Balaban J connectivity index is 2.43. The van der Waals surface area contributed by atoms with E-state index in [2.05, 4.69) is 4.84 Å². The molecule has 3 atom stereocenters. The number of rotatable bonds is 10. The largest absolute Gasteiger partial charge is 0.464 e. The Morgan fingerprint density at radius 1 is 1.31 bits per heavy atom. The van der Waals surface area contributed by atoms with E-state index in [4.69, 9.17) is 20.9 Å². The Morgan fingerprint density at radius 3 is 2.62 bits per heavy atom. The van der Waals surface area contributed by atoms with Gasteiger partial charge in [0.2, 0.25) is 11.0 Å². The molecular weight excluding hydrogens is 366 g/mol. The van der Waals surface area contributed by atoms with Gasteiger partial charge >= 0.3 is 5.97 Å². The number of carbonyl (C=O) groups excluding carboxylic acids is 3. The highest BCUT2D eigenvalue weighted by Crippen LogP contribution is 2.23. The van der Waals surface area contributed by atoms with Crippen molar-refractivity contribution in [3.05, 3.63) is 0 Å². The predicted octanol–water partition coefficient (Wildman–Crippen LogP) is 0.166. The Bertz CT molecular complexity index is 490. The van der Waals surface area contributed by atoms with Crippen LogP contribution in [-0.4, -0.2) is 75.3 Å². The van der Waals surface area contributed by atoms with Gasteiger partial charge in [0.1, 0.15) is 6.04 Å². The number of ether oxygens (including phenoxy) is 1. The third kappa shape index (κ3) is 7.56. The van der Waals surface area contributed by atoms with Crippen LogP contribution in [0.5, 0.6) is 0 Å². The van der Waals surface area contributed by atoms with Crippen molar-refractivity contribution in [2.45, 2.75) is 45.2 Å². The molecule has 150 valence electrons. The second-order valence-electron chi connectivity index (χ2n) is 6.12. The molecule has 0 bridgehead atoms. The molecule has 1 rings (SSSR count). The van der Waals surface area contributed by atoms with Gasteiger partial charge in [-0.05, 0) is 19.8 Å². The molecule has 0 aromatic rings. The van der Waals surface area contributed by atoms with Crippen LogP contribution in [0.15, 0.2) is 0 Å². The van der Waals surface area contributed by atoms with Crippen molar-refractivity contribution in [1.82, 2.24) is 10.3 Å². The van der Waals surface area contributed by atoms with E-state index in [1.165, 1.54) is 4.90 Å². The van der Waals surface area contributed by atoms with Crippen LogP contribution in [0.1, 0.15) is 33.1 Å². The van der Waals surface area contributed by atoms with Gasteiger partial charge < -0.3 is 15.4 Å². The number of likely N-dealkylation sites (tertiary alicyclic amines) is 1. The molecule has 4 N–H and O–H groups in total. The van der Waals surface area contributed by atoms with E-state index in [1.54, 1.807) is 13.8 Å². The number of carbonyl (C=O) groups is 3. The number of thioether (sulfide) groups is 1. The standard InChI is InChI=1S/C15H27N3O7S/c1-10(9-26-15(21)11(2)16)13(19)17-6-3-5-12(17)14(20)24-7-4-8-25-18(22)23/h10-12,22-23H,3-9,16H2,1-2H3/t10-,11?,12+/m1/s1. The summed E-state index contributed by atoms with van der Waals surface area (Å²) >= 11 is 1.02. The van der Waals surface area contributed by atoms with Crippen molar-refractivity contribution in [3.63, 3.8) is 0 Å². The van der Waals surface area contributed by atoms with Crippen LogP contribution in [0.25, 0.3) is 0 Å². The van der Waals surface area contributed by atoms with E-state index >= 15 is 0 Å².